The van der Waals surface area contributed by atoms with Crippen molar-refractivity contribution < 1.29 is 29.6 Å². The summed E-state index contributed by atoms with van der Waals surface area (Å²) in [6, 6.07) is 7.32. The summed E-state index contributed by atoms with van der Waals surface area (Å²) in [5.41, 5.74) is 5.41. The Balaban J connectivity index is 0.000000640. The van der Waals surface area contributed by atoms with Crippen LogP contribution >= 0.6 is 0 Å². The van der Waals surface area contributed by atoms with Crippen molar-refractivity contribution in [2.24, 2.45) is 0 Å². The summed E-state index contributed by atoms with van der Waals surface area (Å²) in [6.45, 7) is 4.23. The molecule has 0 aromatic heterocycles. The molecular formula is C20H30N2O6. The van der Waals surface area contributed by atoms with Gasteiger partial charge in [-0.05, 0) is 37.5 Å². The second kappa shape index (κ2) is 8.89. The van der Waals surface area contributed by atoms with Crippen LogP contribution in [-0.4, -0.2) is 69.1 Å². The van der Waals surface area contributed by atoms with Crippen LogP contribution in [0.3, 0.4) is 0 Å². The van der Waals surface area contributed by atoms with E-state index in [2.05, 4.69) is 0 Å². The molecule has 0 unspecified atom stereocenters. The summed E-state index contributed by atoms with van der Waals surface area (Å²) in [7, 11) is 0. The number of nitrogens with two attached hydrogens (primary N) is 1. The van der Waals surface area contributed by atoms with E-state index >= 15 is 0 Å². The second-order valence-corrected chi connectivity index (χ2v) is 7.74. The number of carbonyl (C=O) groups excluding carboxylic acids is 1. The van der Waals surface area contributed by atoms with E-state index in [9.17, 15) is 15.0 Å². The fourth-order valence-electron chi connectivity index (χ4n) is 3.72. The fourth-order valence-corrected chi connectivity index (χ4v) is 3.72. The van der Waals surface area contributed by atoms with E-state index in [1.165, 1.54) is 0 Å². The molecule has 5 N–H and O–H groups in total. The van der Waals surface area contributed by atoms with Crippen LogP contribution < -0.4 is 5.73 Å². The number of aliphatic carboxylic acids is 1. The molecule has 2 aliphatic rings. The van der Waals surface area contributed by atoms with Crippen LogP contribution in [-0.2, 0) is 20.7 Å². The van der Waals surface area contributed by atoms with Crippen LogP contribution in [0.1, 0.15) is 38.7 Å². The number of aliphatic hydroxyl groups excluding tert-OH is 1. The molecule has 2 atom stereocenters. The molecular weight excluding hydrogens is 364 g/mol. The highest BCUT2D eigenvalue weighted by molar-refractivity contribution is 5.79. The summed E-state index contributed by atoms with van der Waals surface area (Å²) in [4.78, 5) is 23.3. The minimum Gasteiger partial charge on any atom is -0.481 e. The van der Waals surface area contributed by atoms with E-state index in [1.54, 1.807) is 24.0 Å². The first-order valence-electron chi connectivity index (χ1n) is 9.42. The summed E-state index contributed by atoms with van der Waals surface area (Å²) in [5, 5.41) is 28.3. The molecule has 0 saturated carbocycles. The van der Waals surface area contributed by atoms with Crippen molar-refractivity contribution in [2.45, 2.75) is 56.8 Å². The molecule has 2 saturated heterocycles. The van der Waals surface area contributed by atoms with Crippen LogP contribution in [0.25, 0.3) is 0 Å². The van der Waals surface area contributed by atoms with Gasteiger partial charge in [0.1, 0.15) is 11.7 Å². The lowest BCUT2D eigenvalue weighted by atomic mass is 9.75. The standard InChI is InChI=1S/C18H26N2O4.C2H4O2/c1-17(23)8-11-24-18(16(17)22)6-9-20(10-7-18)15(21)12-13-2-4-14(19)5-3-13;1-2(3)4/h2-5,16,22-23H,6-12,19H2,1H3;1H3,(H,3,4)/t16-,17+;/m0./s1. The smallest absolute Gasteiger partial charge is 0.300 e. The van der Waals surface area contributed by atoms with Crippen LogP contribution in [0, 0.1) is 0 Å². The van der Waals surface area contributed by atoms with E-state index in [0.717, 1.165) is 12.5 Å². The highest BCUT2D eigenvalue weighted by Gasteiger charge is 2.52. The summed E-state index contributed by atoms with van der Waals surface area (Å²) in [6.07, 6.45) is 0.924. The SMILES string of the molecule is CC(=O)O.C[C@@]1(O)CCOC2(CCN(C(=O)Cc3ccc(N)cc3)CC2)[C@H]1O. The van der Waals surface area contributed by atoms with Gasteiger partial charge in [0, 0.05) is 32.1 Å². The van der Waals surface area contributed by atoms with E-state index < -0.39 is 23.3 Å². The molecule has 1 aromatic carbocycles. The first kappa shape index (κ1) is 22.1. The first-order valence-corrected chi connectivity index (χ1v) is 9.42. The Labute approximate surface area is 164 Å². The number of nitrogens with zero attached hydrogens (tertiary/aromatic N) is 1. The van der Waals surface area contributed by atoms with Crippen molar-refractivity contribution in [1.29, 1.82) is 0 Å². The number of aliphatic hydroxyl groups is 2. The summed E-state index contributed by atoms with van der Waals surface area (Å²) >= 11 is 0. The number of anilines is 1. The van der Waals surface area contributed by atoms with Gasteiger partial charge < -0.3 is 30.7 Å². The monoisotopic (exact) mass is 394 g/mol. The van der Waals surface area contributed by atoms with Gasteiger partial charge in [-0.2, -0.15) is 0 Å². The number of likely N-dealkylation sites (tertiary alicyclic amines) is 1. The van der Waals surface area contributed by atoms with Crippen molar-refractivity contribution in [3.8, 4) is 0 Å². The van der Waals surface area contributed by atoms with Gasteiger partial charge >= 0.3 is 0 Å². The molecule has 1 amide bonds. The highest BCUT2D eigenvalue weighted by atomic mass is 16.5. The number of carboxylic acids is 1. The zero-order valence-corrected chi connectivity index (χ0v) is 16.4. The maximum absolute atomic E-state index is 12.5. The van der Waals surface area contributed by atoms with E-state index in [4.69, 9.17) is 20.4 Å². The Kier molecular flexibility index (Phi) is 7.03. The molecule has 8 nitrogen and oxygen atoms in total. The Bertz CT molecular complexity index is 676. The number of amides is 1. The Morgan fingerprint density at radius 3 is 2.29 bits per heavy atom. The number of hydrogen-bond acceptors (Lipinski definition) is 6. The van der Waals surface area contributed by atoms with Crippen LogP contribution in [0.2, 0.25) is 0 Å². The van der Waals surface area contributed by atoms with Gasteiger partial charge in [-0.1, -0.05) is 12.1 Å². The van der Waals surface area contributed by atoms with Gasteiger partial charge in [0.25, 0.3) is 5.97 Å². The lowest BCUT2D eigenvalue weighted by Gasteiger charge is -2.51. The lowest BCUT2D eigenvalue weighted by molar-refractivity contribution is -0.245. The van der Waals surface area contributed by atoms with Crippen LogP contribution in [0.15, 0.2) is 24.3 Å². The van der Waals surface area contributed by atoms with Crippen LogP contribution in [0.4, 0.5) is 5.69 Å². The normalized spacial score (nSPS) is 26.3. The minimum absolute atomic E-state index is 0.0617. The van der Waals surface area contributed by atoms with Crippen molar-refractivity contribution in [2.75, 3.05) is 25.4 Å². The molecule has 3 rings (SSSR count). The van der Waals surface area contributed by atoms with Gasteiger partial charge in [0.05, 0.1) is 18.6 Å². The quantitative estimate of drug-likeness (QED) is 0.545. The Morgan fingerprint density at radius 2 is 1.75 bits per heavy atom. The number of nitrogen functional groups attached to an aromatic ring is 1. The topological polar surface area (TPSA) is 133 Å². The van der Waals surface area contributed by atoms with Gasteiger partial charge in [-0.3, -0.25) is 9.59 Å². The van der Waals surface area contributed by atoms with Crippen molar-refractivity contribution in [1.82, 2.24) is 4.90 Å². The molecule has 28 heavy (non-hydrogen) atoms. The fraction of sp³-hybridized carbons (Fsp3) is 0.600. The van der Waals surface area contributed by atoms with E-state index in [0.29, 0.717) is 51.1 Å². The first-order chi connectivity index (χ1) is 13.1. The Morgan fingerprint density at radius 1 is 1.21 bits per heavy atom. The highest BCUT2D eigenvalue weighted by Crippen LogP contribution is 2.39. The predicted octanol–water partition coefficient (Wildman–Crippen LogP) is 0.796. The molecule has 1 spiro atoms. The third-order valence-corrected chi connectivity index (χ3v) is 5.38. The minimum atomic E-state index is -1.13. The molecule has 156 valence electrons. The molecule has 2 fully saturated rings. The molecule has 0 aliphatic carbocycles. The number of carbonyl (C=O) groups is 2. The molecule has 0 bridgehead atoms. The van der Waals surface area contributed by atoms with Gasteiger partial charge in [-0.25, -0.2) is 0 Å². The molecule has 0 radical (unpaired) electrons. The largest absolute Gasteiger partial charge is 0.481 e. The van der Waals surface area contributed by atoms with Crippen molar-refractivity contribution >= 4 is 17.6 Å². The number of piperidine rings is 1. The maximum Gasteiger partial charge on any atom is 0.300 e. The predicted molar refractivity (Wildman–Crippen MR) is 104 cm³/mol. The zero-order chi connectivity index (χ0) is 20.9. The number of rotatable bonds is 2. The maximum atomic E-state index is 12.5. The van der Waals surface area contributed by atoms with Crippen LogP contribution in [0.5, 0.6) is 0 Å². The molecule has 2 heterocycles. The molecule has 8 heteroatoms. The summed E-state index contributed by atoms with van der Waals surface area (Å²) in [5.74, 6) is -0.772. The average Bonchev–Trinajstić information content (AvgIpc) is 2.62. The summed E-state index contributed by atoms with van der Waals surface area (Å²) < 4.78 is 5.85. The zero-order valence-electron chi connectivity index (χ0n) is 16.4. The van der Waals surface area contributed by atoms with Gasteiger partial charge in [0.2, 0.25) is 5.91 Å². The number of ether oxygens (including phenoxy) is 1. The van der Waals surface area contributed by atoms with Crippen molar-refractivity contribution in [3.63, 3.8) is 0 Å². The lowest BCUT2D eigenvalue weighted by Crippen LogP contribution is -2.64. The third kappa shape index (κ3) is 5.43. The second-order valence-electron chi connectivity index (χ2n) is 7.74. The molecule has 1 aromatic rings. The third-order valence-electron chi connectivity index (χ3n) is 5.38. The van der Waals surface area contributed by atoms with E-state index in [-0.39, 0.29) is 5.91 Å². The average molecular weight is 394 g/mol. The van der Waals surface area contributed by atoms with Gasteiger partial charge in [-0.15, -0.1) is 0 Å². The van der Waals surface area contributed by atoms with Gasteiger partial charge in [0.15, 0.2) is 0 Å². The molecule has 2 aliphatic heterocycles. The number of benzene rings is 1. The van der Waals surface area contributed by atoms with E-state index in [1.807, 2.05) is 12.1 Å². The number of carboxylic acid groups (broad SMARTS) is 1. The number of hydrogen-bond donors (Lipinski definition) is 4. The Hall–Kier alpha value is -2.16. The van der Waals surface area contributed by atoms with Crippen molar-refractivity contribution in [3.05, 3.63) is 29.8 Å².